The van der Waals surface area contributed by atoms with Gasteiger partial charge in [-0.3, -0.25) is 4.79 Å². The first-order chi connectivity index (χ1) is 10.6. The summed E-state index contributed by atoms with van der Waals surface area (Å²) in [6.45, 7) is 4.63. The summed E-state index contributed by atoms with van der Waals surface area (Å²) in [4.78, 5) is 11.0. The maximum absolute atomic E-state index is 11.0. The molecule has 0 aliphatic rings. The third-order valence-corrected chi connectivity index (χ3v) is 3.37. The third-order valence-electron chi connectivity index (χ3n) is 3.37. The molecule has 0 unspecified atom stereocenters. The van der Waals surface area contributed by atoms with E-state index in [1.807, 2.05) is 36.4 Å². The molecule has 0 aliphatic heterocycles. The lowest BCUT2D eigenvalue weighted by Gasteiger charge is -2.10. The Bertz CT molecular complexity index is 636. The summed E-state index contributed by atoms with van der Waals surface area (Å²) in [6, 6.07) is 14.0. The lowest BCUT2D eigenvalue weighted by Crippen LogP contribution is -2.10. The van der Waals surface area contributed by atoms with Crippen molar-refractivity contribution in [3.05, 3.63) is 59.2 Å². The summed E-state index contributed by atoms with van der Waals surface area (Å²) < 4.78 is 5.53. The van der Waals surface area contributed by atoms with Gasteiger partial charge in [0.15, 0.2) is 0 Å². The normalized spacial score (nSPS) is 10.3. The molecule has 0 radical (unpaired) electrons. The fourth-order valence-corrected chi connectivity index (χ4v) is 2.26. The van der Waals surface area contributed by atoms with Gasteiger partial charge in [0, 0.05) is 19.2 Å². The van der Waals surface area contributed by atoms with Crippen LogP contribution in [0.15, 0.2) is 42.5 Å². The smallest absolute Gasteiger partial charge is 0.221 e. The zero-order valence-electron chi connectivity index (χ0n) is 13.1. The predicted molar refractivity (Wildman–Crippen MR) is 89.3 cm³/mol. The number of nitrogens with one attached hydrogen (secondary N) is 1. The molecule has 2 aromatic rings. The molecule has 2 aromatic carbocycles. The molecule has 0 saturated carbocycles. The number of anilines is 1. The molecule has 0 bridgehead atoms. The lowest BCUT2D eigenvalue weighted by atomic mass is 10.00. The Kier molecular flexibility index (Phi) is 5.55. The summed E-state index contributed by atoms with van der Waals surface area (Å²) in [5.74, 6) is 0.796. The number of hydrogen-bond donors (Lipinski definition) is 2. The van der Waals surface area contributed by atoms with Crippen LogP contribution in [0.1, 0.15) is 23.6 Å². The number of amides is 1. The molecule has 22 heavy (non-hydrogen) atoms. The highest BCUT2D eigenvalue weighted by Gasteiger charge is 2.03. The molecule has 0 heterocycles. The molecule has 0 aliphatic carbocycles. The van der Waals surface area contributed by atoms with Crippen LogP contribution in [0.25, 0.3) is 0 Å². The van der Waals surface area contributed by atoms with Crippen LogP contribution in [0.4, 0.5) is 5.69 Å². The highest BCUT2D eigenvalue weighted by atomic mass is 16.5. The minimum Gasteiger partial charge on any atom is -0.492 e. The summed E-state index contributed by atoms with van der Waals surface area (Å²) in [5, 5.41) is 2.77. The van der Waals surface area contributed by atoms with Crippen LogP contribution in [-0.4, -0.2) is 19.1 Å². The third kappa shape index (κ3) is 4.60. The average molecular weight is 298 g/mol. The Labute approximate surface area is 131 Å². The standard InChI is InChI=1S/C18H22N2O2/c1-13-11-18(22-10-9-19)8-5-16(13)12-15-3-6-17(7-4-15)20-14(2)21/h3-8,11H,9-10,12,19H2,1-2H3,(H,20,21). The fraction of sp³-hybridized carbons (Fsp3) is 0.278. The van der Waals surface area contributed by atoms with Crippen molar-refractivity contribution in [3.63, 3.8) is 0 Å². The van der Waals surface area contributed by atoms with Crippen LogP contribution in [0.3, 0.4) is 0 Å². The van der Waals surface area contributed by atoms with Gasteiger partial charge in [-0.25, -0.2) is 0 Å². The maximum Gasteiger partial charge on any atom is 0.221 e. The minimum atomic E-state index is -0.0586. The lowest BCUT2D eigenvalue weighted by molar-refractivity contribution is -0.114. The van der Waals surface area contributed by atoms with E-state index in [1.165, 1.54) is 23.6 Å². The van der Waals surface area contributed by atoms with Crippen LogP contribution >= 0.6 is 0 Å². The summed E-state index contributed by atoms with van der Waals surface area (Å²) in [6.07, 6.45) is 0.851. The molecule has 0 spiro atoms. The van der Waals surface area contributed by atoms with Gasteiger partial charge in [0.1, 0.15) is 12.4 Å². The van der Waals surface area contributed by atoms with Crippen molar-refractivity contribution in [2.24, 2.45) is 5.73 Å². The quantitative estimate of drug-likeness (QED) is 0.862. The van der Waals surface area contributed by atoms with Gasteiger partial charge in [-0.1, -0.05) is 18.2 Å². The maximum atomic E-state index is 11.0. The molecule has 2 rings (SSSR count). The van der Waals surface area contributed by atoms with E-state index in [0.29, 0.717) is 13.2 Å². The highest BCUT2D eigenvalue weighted by molar-refractivity contribution is 5.88. The average Bonchev–Trinajstić information content (AvgIpc) is 2.49. The molecule has 0 fully saturated rings. The van der Waals surface area contributed by atoms with Gasteiger partial charge in [0.2, 0.25) is 5.91 Å². The molecule has 4 heteroatoms. The summed E-state index contributed by atoms with van der Waals surface area (Å²) in [5.41, 5.74) is 9.91. The largest absolute Gasteiger partial charge is 0.492 e. The number of carbonyl (C=O) groups is 1. The van der Waals surface area contributed by atoms with E-state index < -0.39 is 0 Å². The van der Waals surface area contributed by atoms with Gasteiger partial charge >= 0.3 is 0 Å². The van der Waals surface area contributed by atoms with Crippen molar-refractivity contribution in [1.29, 1.82) is 0 Å². The molecule has 0 saturated heterocycles. The number of nitrogens with two attached hydrogens (primary N) is 1. The van der Waals surface area contributed by atoms with Crippen LogP contribution < -0.4 is 15.8 Å². The van der Waals surface area contributed by atoms with Crippen LogP contribution in [0.2, 0.25) is 0 Å². The molecule has 4 nitrogen and oxygen atoms in total. The Morgan fingerprint density at radius 2 is 1.91 bits per heavy atom. The van der Waals surface area contributed by atoms with E-state index in [2.05, 4.69) is 18.3 Å². The van der Waals surface area contributed by atoms with Crippen molar-refractivity contribution in [2.75, 3.05) is 18.5 Å². The van der Waals surface area contributed by atoms with Gasteiger partial charge < -0.3 is 15.8 Å². The molecule has 116 valence electrons. The van der Waals surface area contributed by atoms with E-state index >= 15 is 0 Å². The molecule has 3 N–H and O–H groups in total. The first-order valence-corrected chi connectivity index (χ1v) is 7.37. The summed E-state index contributed by atoms with van der Waals surface area (Å²) >= 11 is 0. The second-order valence-electron chi connectivity index (χ2n) is 5.28. The van der Waals surface area contributed by atoms with E-state index in [9.17, 15) is 4.79 Å². The monoisotopic (exact) mass is 298 g/mol. The molecular formula is C18H22N2O2. The molecule has 1 amide bonds. The SMILES string of the molecule is CC(=O)Nc1ccc(Cc2ccc(OCCN)cc2C)cc1. The van der Waals surface area contributed by atoms with E-state index in [-0.39, 0.29) is 5.91 Å². The Balaban J connectivity index is 2.05. The van der Waals surface area contributed by atoms with Crippen molar-refractivity contribution < 1.29 is 9.53 Å². The zero-order chi connectivity index (χ0) is 15.9. The number of carbonyl (C=O) groups excluding carboxylic acids is 1. The first kappa shape index (κ1) is 16.0. The molecule has 0 atom stereocenters. The van der Waals surface area contributed by atoms with E-state index in [4.69, 9.17) is 10.5 Å². The second kappa shape index (κ2) is 7.61. The number of hydrogen-bond acceptors (Lipinski definition) is 3. The second-order valence-corrected chi connectivity index (χ2v) is 5.28. The number of rotatable bonds is 6. The molecular weight excluding hydrogens is 276 g/mol. The van der Waals surface area contributed by atoms with Crippen LogP contribution in [0, 0.1) is 6.92 Å². The fourth-order valence-electron chi connectivity index (χ4n) is 2.26. The van der Waals surface area contributed by atoms with Gasteiger partial charge in [-0.05, 0) is 54.3 Å². The van der Waals surface area contributed by atoms with E-state index in [0.717, 1.165) is 17.9 Å². The van der Waals surface area contributed by atoms with Crippen molar-refractivity contribution in [1.82, 2.24) is 0 Å². The Morgan fingerprint density at radius 3 is 2.50 bits per heavy atom. The first-order valence-electron chi connectivity index (χ1n) is 7.37. The van der Waals surface area contributed by atoms with Crippen molar-refractivity contribution in [3.8, 4) is 5.75 Å². The number of ether oxygens (including phenoxy) is 1. The van der Waals surface area contributed by atoms with Gasteiger partial charge in [0.05, 0.1) is 0 Å². The number of aryl methyl sites for hydroxylation is 1. The summed E-state index contributed by atoms with van der Waals surface area (Å²) in [7, 11) is 0. The van der Waals surface area contributed by atoms with E-state index in [1.54, 1.807) is 0 Å². The Hall–Kier alpha value is -2.33. The zero-order valence-corrected chi connectivity index (χ0v) is 13.1. The van der Waals surface area contributed by atoms with Gasteiger partial charge in [-0.15, -0.1) is 0 Å². The molecule has 0 aromatic heterocycles. The van der Waals surface area contributed by atoms with Crippen LogP contribution in [-0.2, 0) is 11.2 Å². The highest BCUT2D eigenvalue weighted by Crippen LogP contribution is 2.21. The predicted octanol–water partition coefficient (Wildman–Crippen LogP) is 2.88. The van der Waals surface area contributed by atoms with Gasteiger partial charge in [-0.2, -0.15) is 0 Å². The minimum absolute atomic E-state index is 0.0586. The van der Waals surface area contributed by atoms with Crippen LogP contribution in [0.5, 0.6) is 5.75 Å². The van der Waals surface area contributed by atoms with Crippen molar-refractivity contribution in [2.45, 2.75) is 20.3 Å². The van der Waals surface area contributed by atoms with Gasteiger partial charge in [0.25, 0.3) is 0 Å². The topological polar surface area (TPSA) is 64.3 Å². The van der Waals surface area contributed by atoms with Crippen molar-refractivity contribution >= 4 is 11.6 Å². The number of benzene rings is 2. The Morgan fingerprint density at radius 1 is 1.18 bits per heavy atom.